The number of hydrogen-bond acceptors (Lipinski definition) is 3. The van der Waals surface area contributed by atoms with Crippen LogP contribution in [0.1, 0.15) is 32.8 Å². The van der Waals surface area contributed by atoms with Gasteiger partial charge in [0.25, 0.3) is 0 Å². The smallest absolute Gasteiger partial charge is 0.319 e. The summed E-state index contributed by atoms with van der Waals surface area (Å²) in [5.41, 5.74) is 2.06. The largest absolute Gasteiger partial charge is 0.497 e. The third-order valence-corrected chi connectivity index (χ3v) is 4.63. The van der Waals surface area contributed by atoms with E-state index in [-0.39, 0.29) is 11.4 Å². The quantitative estimate of drug-likeness (QED) is 0.577. The zero-order valence-corrected chi connectivity index (χ0v) is 17.9. The highest BCUT2D eigenvalue weighted by atomic mass is 79.9. The molecule has 0 heterocycles. The molecular formula is C21H27BrN2O3. The Labute approximate surface area is 169 Å². The van der Waals surface area contributed by atoms with E-state index in [1.807, 2.05) is 6.07 Å². The van der Waals surface area contributed by atoms with Gasteiger partial charge in [0, 0.05) is 12.2 Å². The Hall–Kier alpha value is -2.21. The fourth-order valence-electron chi connectivity index (χ4n) is 2.39. The molecule has 27 heavy (non-hydrogen) atoms. The maximum atomic E-state index is 11.9. The highest BCUT2D eigenvalue weighted by Crippen LogP contribution is 2.31. The Morgan fingerprint density at radius 3 is 2.41 bits per heavy atom. The number of nitrogens with one attached hydrogen (secondary N) is 2. The highest BCUT2D eigenvalue weighted by Gasteiger charge is 2.15. The average molecular weight is 435 g/mol. The van der Waals surface area contributed by atoms with E-state index >= 15 is 0 Å². The van der Waals surface area contributed by atoms with Crippen LogP contribution in [0.2, 0.25) is 0 Å². The Kier molecular flexibility index (Phi) is 7.54. The molecule has 0 aliphatic rings. The van der Waals surface area contributed by atoms with Crippen LogP contribution in [0.5, 0.6) is 11.5 Å². The van der Waals surface area contributed by atoms with Crippen molar-refractivity contribution in [2.24, 2.45) is 0 Å². The maximum absolute atomic E-state index is 11.9. The molecule has 0 fully saturated rings. The standard InChI is InChI=1S/C21H27BrN2O3/c1-21(2,3)15-6-11-19(18(22)14-15)27-13-5-12-23-20(25)24-16-7-9-17(26-4)10-8-16/h6-11,14H,5,12-13H2,1-4H3,(H2,23,24,25). The van der Waals surface area contributed by atoms with Crippen molar-refractivity contribution in [1.29, 1.82) is 0 Å². The third kappa shape index (κ3) is 6.79. The number of halogens is 1. The molecule has 0 atom stereocenters. The highest BCUT2D eigenvalue weighted by molar-refractivity contribution is 9.10. The van der Waals surface area contributed by atoms with Crippen LogP contribution in [0.25, 0.3) is 0 Å². The second-order valence-corrected chi connectivity index (χ2v) is 8.06. The monoisotopic (exact) mass is 434 g/mol. The van der Waals surface area contributed by atoms with Gasteiger partial charge < -0.3 is 20.1 Å². The van der Waals surface area contributed by atoms with Crippen LogP contribution in [0.4, 0.5) is 10.5 Å². The van der Waals surface area contributed by atoms with E-state index in [2.05, 4.69) is 59.5 Å². The van der Waals surface area contributed by atoms with Crippen molar-refractivity contribution in [3.05, 3.63) is 52.5 Å². The van der Waals surface area contributed by atoms with Gasteiger partial charge in [0.1, 0.15) is 11.5 Å². The summed E-state index contributed by atoms with van der Waals surface area (Å²) in [4.78, 5) is 11.9. The number of carbonyl (C=O) groups is 1. The van der Waals surface area contributed by atoms with Gasteiger partial charge in [-0.05, 0) is 69.7 Å². The molecule has 0 saturated carbocycles. The number of methoxy groups -OCH3 is 1. The molecule has 0 aromatic heterocycles. The number of urea groups is 1. The summed E-state index contributed by atoms with van der Waals surface area (Å²) in [6.07, 6.45) is 0.712. The van der Waals surface area contributed by atoms with Gasteiger partial charge in [-0.3, -0.25) is 0 Å². The number of hydrogen-bond donors (Lipinski definition) is 2. The second kappa shape index (κ2) is 9.65. The first-order chi connectivity index (χ1) is 12.8. The average Bonchev–Trinajstić information content (AvgIpc) is 2.62. The Bertz CT molecular complexity index is 755. The summed E-state index contributed by atoms with van der Waals surface area (Å²) < 4.78 is 11.8. The van der Waals surface area contributed by atoms with Crippen LogP contribution in [-0.2, 0) is 5.41 Å². The lowest BCUT2D eigenvalue weighted by Gasteiger charge is -2.20. The van der Waals surface area contributed by atoms with Crippen LogP contribution < -0.4 is 20.1 Å². The summed E-state index contributed by atoms with van der Waals surface area (Å²) in [5, 5.41) is 5.59. The van der Waals surface area contributed by atoms with Gasteiger partial charge in [0.2, 0.25) is 0 Å². The zero-order chi connectivity index (χ0) is 19.9. The number of carbonyl (C=O) groups excluding carboxylic acids is 1. The molecule has 2 aromatic carbocycles. The maximum Gasteiger partial charge on any atom is 0.319 e. The predicted molar refractivity (Wildman–Crippen MR) is 113 cm³/mol. The topological polar surface area (TPSA) is 59.6 Å². The minimum atomic E-state index is -0.240. The fraction of sp³-hybridized carbons (Fsp3) is 0.381. The van der Waals surface area contributed by atoms with E-state index in [0.717, 1.165) is 16.0 Å². The fourth-order valence-corrected chi connectivity index (χ4v) is 2.88. The molecule has 0 unspecified atom stereocenters. The van der Waals surface area contributed by atoms with Crippen molar-refractivity contribution in [3.8, 4) is 11.5 Å². The van der Waals surface area contributed by atoms with Gasteiger partial charge in [-0.25, -0.2) is 4.79 Å². The SMILES string of the molecule is COc1ccc(NC(=O)NCCCOc2ccc(C(C)(C)C)cc2Br)cc1. The molecule has 0 aliphatic carbocycles. The molecule has 0 saturated heterocycles. The van der Waals surface area contributed by atoms with Gasteiger partial charge in [-0.2, -0.15) is 0 Å². The molecule has 146 valence electrons. The van der Waals surface area contributed by atoms with Crippen LogP contribution in [0.15, 0.2) is 46.9 Å². The van der Waals surface area contributed by atoms with Crippen LogP contribution in [0, 0.1) is 0 Å². The molecule has 2 amide bonds. The van der Waals surface area contributed by atoms with Crippen molar-refractivity contribution in [1.82, 2.24) is 5.32 Å². The van der Waals surface area contributed by atoms with Crippen molar-refractivity contribution >= 4 is 27.6 Å². The van der Waals surface area contributed by atoms with E-state index in [1.54, 1.807) is 31.4 Å². The van der Waals surface area contributed by atoms with E-state index in [0.29, 0.717) is 25.3 Å². The Balaban J connectivity index is 1.70. The van der Waals surface area contributed by atoms with Gasteiger partial charge in [-0.1, -0.05) is 26.8 Å². The Morgan fingerprint density at radius 1 is 1.11 bits per heavy atom. The summed E-state index contributed by atoms with van der Waals surface area (Å²) in [7, 11) is 1.61. The van der Waals surface area contributed by atoms with Crippen molar-refractivity contribution in [3.63, 3.8) is 0 Å². The number of amides is 2. The normalized spacial score (nSPS) is 11.0. The van der Waals surface area contributed by atoms with Crippen molar-refractivity contribution < 1.29 is 14.3 Å². The first-order valence-electron chi connectivity index (χ1n) is 8.91. The number of ether oxygens (including phenoxy) is 2. The van der Waals surface area contributed by atoms with Gasteiger partial charge >= 0.3 is 6.03 Å². The number of benzene rings is 2. The number of anilines is 1. The predicted octanol–water partition coefficient (Wildman–Crippen LogP) is 5.35. The van der Waals surface area contributed by atoms with Crippen LogP contribution in [0.3, 0.4) is 0 Å². The Morgan fingerprint density at radius 2 is 1.81 bits per heavy atom. The molecule has 2 N–H and O–H groups in total. The minimum absolute atomic E-state index is 0.0994. The van der Waals surface area contributed by atoms with Crippen LogP contribution >= 0.6 is 15.9 Å². The summed E-state index contributed by atoms with van der Waals surface area (Å²) in [6, 6.07) is 13.1. The first kappa shape index (κ1) is 21.1. The molecule has 0 radical (unpaired) electrons. The third-order valence-electron chi connectivity index (χ3n) is 4.01. The van der Waals surface area contributed by atoms with Gasteiger partial charge in [0.15, 0.2) is 0 Å². The molecule has 2 rings (SSSR count). The zero-order valence-electron chi connectivity index (χ0n) is 16.3. The second-order valence-electron chi connectivity index (χ2n) is 7.21. The molecule has 0 spiro atoms. The molecule has 6 heteroatoms. The summed E-state index contributed by atoms with van der Waals surface area (Å²) >= 11 is 3.57. The van der Waals surface area contributed by atoms with E-state index in [9.17, 15) is 4.79 Å². The molecule has 2 aromatic rings. The first-order valence-corrected chi connectivity index (χ1v) is 9.70. The summed E-state index contributed by atoms with van der Waals surface area (Å²) in [6.45, 7) is 7.59. The summed E-state index contributed by atoms with van der Waals surface area (Å²) in [5.74, 6) is 1.56. The number of rotatable bonds is 7. The van der Waals surface area contributed by atoms with Gasteiger partial charge in [0.05, 0.1) is 18.2 Å². The van der Waals surface area contributed by atoms with Crippen molar-refractivity contribution in [2.75, 3.05) is 25.6 Å². The van der Waals surface area contributed by atoms with E-state index in [1.165, 1.54) is 5.56 Å². The minimum Gasteiger partial charge on any atom is -0.497 e. The lowest BCUT2D eigenvalue weighted by atomic mass is 9.87. The van der Waals surface area contributed by atoms with E-state index < -0.39 is 0 Å². The van der Waals surface area contributed by atoms with Crippen LogP contribution in [-0.4, -0.2) is 26.3 Å². The molecular weight excluding hydrogens is 408 g/mol. The van der Waals surface area contributed by atoms with Gasteiger partial charge in [-0.15, -0.1) is 0 Å². The lowest BCUT2D eigenvalue weighted by Crippen LogP contribution is -2.30. The molecule has 0 aliphatic heterocycles. The molecule has 0 bridgehead atoms. The van der Waals surface area contributed by atoms with Crippen molar-refractivity contribution in [2.45, 2.75) is 32.6 Å². The lowest BCUT2D eigenvalue weighted by molar-refractivity contribution is 0.250. The van der Waals surface area contributed by atoms with E-state index in [4.69, 9.17) is 9.47 Å². The molecule has 5 nitrogen and oxygen atoms in total.